The highest BCUT2D eigenvalue weighted by Crippen LogP contribution is 1.67. The van der Waals surface area contributed by atoms with Crippen molar-refractivity contribution in [2.45, 2.75) is 0 Å². The van der Waals surface area contributed by atoms with Crippen molar-refractivity contribution in [3.63, 3.8) is 0 Å². The molecule has 0 saturated carbocycles. The SMILES string of the molecule is C=C.C=CC(=O)OO. The van der Waals surface area contributed by atoms with Crippen LogP contribution in [0.3, 0.4) is 0 Å². The Kier molecular flexibility index (Phi) is 11.7. The van der Waals surface area contributed by atoms with Crippen LogP contribution in [0.25, 0.3) is 0 Å². The van der Waals surface area contributed by atoms with Crippen molar-refractivity contribution in [1.82, 2.24) is 0 Å². The highest BCUT2D eigenvalue weighted by molar-refractivity contribution is 5.80. The maximum Gasteiger partial charge on any atom is 0.365 e. The molecule has 46 valence electrons. The summed E-state index contributed by atoms with van der Waals surface area (Å²) in [5.41, 5.74) is 0. The molecule has 0 amide bonds. The summed E-state index contributed by atoms with van der Waals surface area (Å²) >= 11 is 0. The van der Waals surface area contributed by atoms with Gasteiger partial charge < -0.3 is 0 Å². The molecular weight excluding hydrogens is 108 g/mol. The number of carbonyl (C=O) groups excluding carboxylic acids is 1. The molecule has 0 aliphatic heterocycles. The predicted molar refractivity (Wildman–Crippen MR) is 30.2 cm³/mol. The average molecular weight is 116 g/mol. The van der Waals surface area contributed by atoms with E-state index in [0.717, 1.165) is 6.08 Å². The van der Waals surface area contributed by atoms with Gasteiger partial charge in [-0.3, -0.25) is 4.89 Å². The van der Waals surface area contributed by atoms with Crippen LogP contribution < -0.4 is 0 Å². The third kappa shape index (κ3) is 8.86. The van der Waals surface area contributed by atoms with Crippen molar-refractivity contribution in [2.75, 3.05) is 0 Å². The molecule has 0 aliphatic carbocycles. The van der Waals surface area contributed by atoms with Gasteiger partial charge in [0.2, 0.25) is 0 Å². The van der Waals surface area contributed by atoms with Crippen LogP contribution in [0.15, 0.2) is 25.8 Å². The first-order valence-electron chi connectivity index (χ1n) is 1.79. The van der Waals surface area contributed by atoms with E-state index in [4.69, 9.17) is 5.26 Å². The van der Waals surface area contributed by atoms with Gasteiger partial charge in [0.1, 0.15) is 0 Å². The lowest BCUT2D eigenvalue weighted by Gasteiger charge is -1.78. The van der Waals surface area contributed by atoms with E-state index in [1.165, 1.54) is 0 Å². The first-order chi connectivity index (χ1) is 3.81. The summed E-state index contributed by atoms with van der Waals surface area (Å²) < 4.78 is 0. The Hall–Kier alpha value is -1.09. The molecule has 0 aromatic heterocycles. The Balaban J connectivity index is 0. The average Bonchev–Trinajstić information content (AvgIpc) is 1.91. The lowest BCUT2D eigenvalue weighted by Crippen LogP contribution is -1.92. The van der Waals surface area contributed by atoms with Gasteiger partial charge in [-0.2, -0.15) is 5.26 Å². The minimum absolute atomic E-state index is 0.838. The summed E-state index contributed by atoms with van der Waals surface area (Å²) in [4.78, 5) is 12.7. The maximum absolute atomic E-state index is 9.59. The van der Waals surface area contributed by atoms with Crippen LogP contribution in [0, 0.1) is 0 Å². The Morgan fingerprint density at radius 3 is 2.00 bits per heavy atom. The summed E-state index contributed by atoms with van der Waals surface area (Å²) in [6.45, 7) is 9.00. The zero-order valence-corrected chi connectivity index (χ0v) is 4.46. The van der Waals surface area contributed by atoms with Crippen LogP contribution in [0.2, 0.25) is 0 Å². The van der Waals surface area contributed by atoms with Gasteiger partial charge in [-0.05, 0) is 0 Å². The van der Waals surface area contributed by atoms with Crippen molar-refractivity contribution in [1.29, 1.82) is 0 Å². The quantitative estimate of drug-likeness (QED) is 0.240. The normalized spacial score (nSPS) is 5.62. The highest BCUT2D eigenvalue weighted by atomic mass is 17.1. The van der Waals surface area contributed by atoms with Crippen molar-refractivity contribution in [3.05, 3.63) is 25.8 Å². The molecule has 0 spiro atoms. The molecule has 0 rings (SSSR count). The molecule has 0 saturated heterocycles. The molecule has 0 atom stereocenters. The topological polar surface area (TPSA) is 46.5 Å². The van der Waals surface area contributed by atoms with Gasteiger partial charge >= 0.3 is 5.97 Å². The molecular formula is C5H8O3. The lowest BCUT2D eigenvalue weighted by molar-refractivity contribution is -0.228. The number of rotatable bonds is 1. The molecule has 0 bridgehead atoms. The van der Waals surface area contributed by atoms with Gasteiger partial charge in [-0.15, -0.1) is 13.2 Å². The van der Waals surface area contributed by atoms with Crippen LogP contribution >= 0.6 is 0 Å². The fourth-order valence-corrected chi connectivity index (χ4v) is 0.0373. The second kappa shape index (κ2) is 9.32. The summed E-state index contributed by atoms with van der Waals surface area (Å²) in [6.07, 6.45) is 0.861. The monoisotopic (exact) mass is 116 g/mol. The van der Waals surface area contributed by atoms with E-state index in [9.17, 15) is 4.79 Å². The molecule has 0 aromatic rings. The summed E-state index contributed by atoms with van der Waals surface area (Å²) in [5, 5.41) is 7.41. The van der Waals surface area contributed by atoms with Gasteiger partial charge in [0.05, 0.1) is 0 Å². The smallest absolute Gasteiger partial charge is 0.296 e. The van der Waals surface area contributed by atoms with Gasteiger partial charge in [-0.1, -0.05) is 6.58 Å². The molecule has 8 heavy (non-hydrogen) atoms. The van der Waals surface area contributed by atoms with Crippen molar-refractivity contribution < 1.29 is 14.9 Å². The van der Waals surface area contributed by atoms with E-state index < -0.39 is 5.97 Å². The van der Waals surface area contributed by atoms with Crippen molar-refractivity contribution in [3.8, 4) is 0 Å². The zero-order chi connectivity index (χ0) is 6.99. The minimum Gasteiger partial charge on any atom is -0.296 e. The Morgan fingerprint density at radius 2 is 2.00 bits per heavy atom. The lowest BCUT2D eigenvalue weighted by atomic mass is 10.7. The van der Waals surface area contributed by atoms with Crippen molar-refractivity contribution >= 4 is 5.97 Å². The first kappa shape index (κ1) is 10.0. The van der Waals surface area contributed by atoms with E-state index in [0.29, 0.717) is 0 Å². The Labute approximate surface area is 47.8 Å². The third-order valence-corrected chi connectivity index (χ3v) is 0.257. The van der Waals surface area contributed by atoms with E-state index in [1.807, 2.05) is 0 Å². The molecule has 1 N–H and O–H groups in total. The van der Waals surface area contributed by atoms with E-state index in [1.54, 1.807) is 0 Å². The molecule has 0 fully saturated rings. The van der Waals surface area contributed by atoms with E-state index >= 15 is 0 Å². The molecule has 0 aromatic carbocycles. The van der Waals surface area contributed by atoms with E-state index in [2.05, 4.69) is 24.6 Å². The molecule has 0 unspecified atom stereocenters. The number of hydrogen-bond acceptors (Lipinski definition) is 3. The minimum atomic E-state index is -0.838. The van der Waals surface area contributed by atoms with Gasteiger partial charge in [0.15, 0.2) is 0 Å². The molecule has 0 aliphatic rings. The second-order valence-electron chi connectivity index (χ2n) is 0.614. The van der Waals surface area contributed by atoms with Gasteiger partial charge in [-0.25, -0.2) is 4.79 Å². The Morgan fingerprint density at radius 1 is 1.62 bits per heavy atom. The predicted octanol–water partition coefficient (Wildman–Crippen LogP) is 0.991. The highest BCUT2D eigenvalue weighted by Gasteiger charge is 1.85. The van der Waals surface area contributed by atoms with E-state index in [-0.39, 0.29) is 0 Å². The van der Waals surface area contributed by atoms with Crippen molar-refractivity contribution in [2.24, 2.45) is 0 Å². The first-order valence-corrected chi connectivity index (χ1v) is 1.79. The molecule has 3 nitrogen and oxygen atoms in total. The molecule has 0 heterocycles. The summed E-state index contributed by atoms with van der Waals surface area (Å²) in [6, 6.07) is 0. The van der Waals surface area contributed by atoms with Crippen LogP contribution in [0.5, 0.6) is 0 Å². The van der Waals surface area contributed by atoms with Gasteiger partial charge in [0, 0.05) is 6.08 Å². The van der Waals surface area contributed by atoms with Crippen LogP contribution in [-0.4, -0.2) is 11.2 Å². The van der Waals surface area contributed by atoms with Crippen LogP contribution in [-0.2, 0) is 9.68 Å². The fraction of sp³-hybridized carbons (Fsp3) is 0. The third-order valence-electron chi connectivity index (χ3n) is 0.257. The molecule has 3 heteroatoms. The summed E-state index contributed by atoms with van der Waals surface area (Å²) in [7, 11) is 0. The maximum atomic E-state index is 9.59. The van der Waals surface area contributed by atoms with Crippen LogP contribution in [0.1, 0.15) is 0 Å². The Bertz CT molecular complexity index is 77.7. The summed E-state index contributed by atoms with van der Waals surface area (Å²) in [5.74, 6) is -0.838. The second-order valence-corrected chi connectivity index (χ2v) is 0.614. The van der Waals surface area contributed by atoms with Gasteiger partial charge in [0.25, 0.3) is 0 Å². The fourth-order valence-electron chi connectivity index (χ4n) is 0.0373. The number of carbonyl (C=O) groups is 1. The standard InChI is InChI=1S/C3H4O3.C2H4/c1-2-3(4)6-5;1-2/h2,5H,1H2;1-2H2. The largest absolute Gasteiger partial charge is 0.365 e. The zero-order valence-electron chi connectivity index (χ0n) is 4.46. The number of hydrogen-bond donors (Lipinski definition) is 1. The van der Waals surface area contributed by atoms with Crippen LogP contribution in [0.4, 0.5) is 0 Å². The molecule has 0 radical (unpaired) electrons.